The van der Waals surface area contributed by atoms with Crippen LogP contribution in [-0.4, -0.2) is 21.6 Å². The highest BCUT2D eigenvalue weighted by molar-refractivity contribution is 7.89. The first kappa shape index (κ1) is 17.4. The molecule has 0 unspecified atom stereocenters. The second kappa shape index (κ2) is 7.57. The second-order valence-electron chi connectivity index (χ2n) is 5.12. The highest BCUT2D eigenvalue weighted by Crippen LogP contribution is 2.18. The van der Waals surface area contributed by atoms with Crippen LogP contribution < -0.4 is 9.46 Å². The third-order valence-electron chi connectivity index (χ3n) is 3.43. The topological polar surface area (TPSA) is 55.4 Å². The first-order valence-corrected chi connectivity index (χ1v) is 8.89. The van der Waals surface area contributed by atoms with Crippen molar-refractivity contribution in [3.63, 3.8) is 0 Å². The molecule has 0 bridgehead atoms. The zero-order valence-electron chi connectivity index (χ0n) is 13.2. The predicted octanol–water partition coefficient (Wildman–Crippen LogP) is 3.05. The maximum Gasteiger partial charge on any atom is 0.240 e. The van der Waals surface area contributed by atoms with E-state index < -0.39 is 15.8 Å². The standard InChI is InChI=1S/C17H20FNO3S/c1-3-14-6-4-5-7-16(14)22-11-10-19-23(20,21)17-9-8-15(18)12-13(17)2/h4-9,12,19H,3,10-11H2,1-2H3. The van der Waals surface area contributed by atoms with Gasteiger partial charge in [0.05, 0.1) is 4.90 Å². The SMILES string of the molecule is CCc1ccccc1OCCNS(=O)(=O)c1ccc(F)cc1C. The molecule has 0 heterocycles. The van der Waals surface area contributed by atoms with Crippen LogP contribution >= 0.6 is 0 Å². The molecule has 0 saturated heterocycles. The van der Waals surface area contributed by atoms with Gasteiger partial charge in [-0.25, -0.2) is 17.5 Å². The molecular weight excluding hydrogens is 317 g/mol. The number of ether oxygens (including phenoxy) is 1. The Morgan fingerprint density at radius 1 is 1.17 bits per heavy atom. The van der Waals surface area contributed by atoms with Gasteiger partial charge in [0.1, 0.15) is 18.2 Å². The Kier molecular flexibility index (Phi) is 5.74. The summed E-state index contributed by atoms with van der Waals surface area (Å²) in [6.07, 6.45) is 0.844. The third-order valence-corrected chi connectivity index (χ3v) is 5.05. The normalized spacial score (nSPS) is 11.4. The Morgan fingerprint density at radius 3 is 2.61 bits per heavy atom. The second-order valence-corrected chi connectivity index (χ2v) is 6.85. The van der Waals surface area contributed by atoms with Crippen molar-refractivity contribution in [2.45, 2.75) is 25.2 Å². The molecule has 0 aromatic heterocycles. The van der Waals surface area contributed by atoms with Gasteiger partial charge < -0.3 is 4.74 Å². The van der Waals surface area contributed by atoms with Crippen LogP contribution in [0.2, 0.25) is 0 Å². The Labute approximate surface area is 136 Å². The Morgan fingerprint density at radius 2 is 1.91 bits per heavy atom. The Balaban J connectivity index is 1.95. The van der Waals surface area contributed by atoms with Crippen molar-refractivity contribution in [2.24, 2.45) is 0 Å². The van der Waals surface area contributed by atoms with Crippen LogP contribution in [0.1, 0.15) is 18.1 Å². The summed E-state index contributed by atoms with van der Waals surface area (Å²) in [5.74, 6) is 0.299. The van der Waals surface area contributed by atoms with Crippen LogP contribution in [0.3, 0.4) is 0 Å². The molecule has 0 aliphatic heterocycles. The van der Waals surface area contributed by atoms with Gasteiger partial charge in [0, 0.05) is 6.54 Å². The fraction of sp³-hybridized carbons (Fsp3) is 0.294. The van der Waals surface area contributed by atoms with Crippen molar-refractivity contribution < 1.29 is 17.5 Å². The van der Waals surface area contributed by atoms with E-state index in [0.717, 1.165) is 23.8 Å². The number of halogens is 1. The van der Waals surface area contributed by atoms with Crippen molar-refractivity contribution in [3.8, 4) is 5.75 Å². The number of sulfonamides is 1. The largest absolute Gasteiger partial charge is 0.492 e. The van der Waals surface area contributed by atoms with E-state index in [1.54, 1.807) is 6.92 Å². The summed E-state index contributed by atoms with van der Waals surface area (Å²) in [5, 5.41) is 0. The van der Waals surface area contributed by atoms with Gasteiger partial charge in [-0.2, -0.15) is 0 Å². The van der Waals surface area contributed by atoms with Gasteiger partial charge in [-0.3, -0.25) is 0 Å². The molecule has 0 amide bonds. The van der Waals surface area contributed by atoms with Gasteiger partial charge in [0.25, 0.3) is 0 Å². The Hall–Kier alpha value is -1.92. The van der Waals surface area contributed by atoms with Crippen LogP contribution in [0.15, 0.2) is 47.4 Å². The van der Waals surface area contributed by atoms with Gasteiger partial charge in [0.15, 0.2) is 0 Å². The maximum absolute atomic E-state index is 13.1. The van der Waals surface area contributed by atoms with Gasteiger partial charge in [-0.1, -0.05) is 25.1 Å². The number of benzene rings is 2. The monoisotopic (exact) mass is 337 g/mol. The molecule has 0 atom stereocenters. The van der Waals surface area contributed by atoms with E-state index in [-0.39, 0.29) is 18.0 Å². The van der Waals surface area contributed by atoms with Crippen LogP contribution in [0.5, 0.6) is 5.75 Å². The molecule has 2 aromatic carbocycles. The molecule has 0 aliphatic rings. The molecule has 124 valence electrons. The number of hydrogen-bond acceptors (Lipinski definition) is 3. The molecule has 1 N–H and O–H groups in total. The van der Waals surface area contributed by atoms with E-state index in [4.69, 9.17) is 4.74 Å². The summed E-state index contributed by atoms with van der Waals surface area (Å²) in [4.78, 5) is 0.0767. The average Bonchev–Trinajstić information content (AvgIpc) is 2.51. The summed E-state index contributed by atoms with van der Waals surface area (Å²) in [5.41, 5.74) is 1.44. The summed E-state index contributed by atoms with van der Waals surface area (Å²) < 4.78 is 45.6. The molecule has 2 aromatic rings. The lowest BCUT2D eigenvalue weighted by Crippen LogP contribution is -2.29. The van der Waals surface area contributed by atoms with Gasteiger partial charge in [-0.05, 0) is 48.7 Å². The van der Waals surface area contributed by atoms with E-state index in [2.05, 4.69) is 4.72 Å². The molecule has 4 nitrogen and oxygen atoms in total. The average molecular weight is 337 g/mol. The van der Waals surface area contributed by atoms with Crippen molar-refractivity contribution >= 4 is 10.0 Å². The van der Waals surface area contributed by atoms with Crippen LogP contribution in [0.25, 0.3) is 0 Å². The van der Waals surface area contributed by atoms with Crippen molar-refractivity contribution in [1.82, 2.24) is 4.72 Å². The fourth-order valence-electron chi connectivity index (χ4n) is 2.27. The van der Waals surface area contributed by atoms with E-state index in [9.17, 15) is 12.8 Å². The predicted molar refractivity (Wildman–Crippen MR) is 87.6 cm³/mol. The highest BCUT2D eigenvalue weighted by Gasteiger charge is 2.16. The fourth-order valence-corrected chi connectivity index (χ4v) is 3.50. The van der Waals surface area contributed by atoms with Crippen molar-refractivity contribution in [3.05, 3.63) is 59.4 Å². The lowest BCUT2D eigenvalue weighted by molar-refractivity contribution is 0.320. The summed E-state index contributed by atoms with van der Waals surface area (Å²) in [6.45, 7) is 3.95. The van der Waals surface area contributed by atoms with Gasteiger partial charge in [-0.15, -0.1) is 0 Å². The first-order valence-electron chi connectivity index (χ1n) is 7.40. The molecule has 0 saturated carbocycles. The molecule has 0 spiro atoms. The molecule has 0 aliphatic carbocycles. The number of aryl methyl sites for hydroxylation is 2. The van der Waals surface area contributed by atoms with E-state index in [1.165, 1.54) is 12.1 Å². The number of hydrogen-bond donors (Lipinski definition) is 1. The maximum atomic E-state index is 13.1. The minimum absolute atomic E-state index is 0.0767. The van der Waals surface area contributed by atoms with E-state index >= 15 is 0 Å². The van der Waals surface area contributed by atoms with Crippen molar-refractivity contribution in [2.75, 3.05) is 13.2 Å². The van der Waals surface area contributed by atoms with Crippen LogP contribution in [0, 0.1) is 12.7 Å². The molecular formula is C17H20FNO3S. The number of nitrogens with one attached hydrogen (secondary N) is 1. The highest BCUT2D eigenvalue weighted by atomic mass is 32.2. The lowest BCUT2D eigenvalue weighted by Gasteiger charge is -2.12. The smallest absolute Gasteiger partial charge is 0.240 e. The van der Waals surface area contributed by atoms with Crippen molar-refractivity contribution in [1.29, 1.82) is 0 Å². The molecule has 23 heavy (non-hydrogen) atoms. The summed E-state index contributed by atoms with van der Waals surface area (Å²) in [7, 11) is -3.67. The number of rotatable bonds is 7. The quantitative estimate of drug-likeness (QED) is 0.790. The minimum Gasteiger partial charge on any atom is -0.492 e. The van der Waals surface area contributed by atoms with Crippen LogP contribution in [-0.2, 0) is 16.4 Å². The lowest BCUT2D eigenvalue weighted by atomic mass is 10.1. The van der Waals surface area contributed by atoms with E-state index in [1.807, 2.05) is 31.2 Å². The summed E-state index contributed by atoms with van der Waals surface area (Å²) >= 11 is 0. The van der Waals surface area contributed by atoms with Crippen LogP contribution in [0.4, 0.5) is 4.39 Å². The molecule has 2 rings (SSSR count). The van der Waals surface area contributed by atoms with E-state index in [0.29, 0.717) is 5.56 Å². The molecule has 0 radical (unpaired) electrons. The van der Waals surface area contributed by atoms with Gasteiger partial charge in [0.2, 0.25) is 10.0 Å². The van der Waals surface area contributed by atoms with Gasteiger partial charge >= 0.3 is 0 Å². The molecule has 6 heteroatoms. The summed E-state index contributed by atoms with van der Waals surface area (Å²) in [6, 6.07) is 11.2. The first-order chi connectivity index (χ1) is 10.9. The molecule has 0 fully saturated rings. The number of para-hydroxylation sites is 1. The zero-order chi connectivity index (χ0) is 16.9. The third kappa shape index (κ3) is 4.53. The minimum atomic E-state index is -3.67. The Bertz CT molecular complexity index is 775. The zero-order valence-corrected chi connectivity index (χ0v) is 14.0.